The molecule has 5 nitrogen and oxygen atoms in total. The van der Waals surface area contributed by atoms with Gasteiger partial charge in [-0.3, -0.25) is 4.79 Å². The normalized spacial score (nSPS) is 13.9. The number of carbonyl (C=O) groups excluding carboxylic acids is 2. The quantitative estimate of drug-likeness (QED) is 0.582. The molecule has 0 aliphatic carbocycles. The maximum absolute atomic E-state index is 13.0. The molecule has 0 bridgehead atoms. The summed E-state index contributed by atoms with van der Waals surface area (Å²) in [5, 5.41) is 19.0. The summed E-state index contributed by atoms with van der Waals surface area (Å²) in [4.78, 5) is 21.7. The van der Waals surface area contributed by atoms with Crippen molar-refractivity contribution in [2.75, 3.05) is 7.11 Å². The van der Waals surface area contributed by atoms with Crippen LogP contribution in [0.25, 0.3) is 0 Å². The molecule has 0 fully saturated rings. The minimum absolute atomic E-state index is 0.0122. The Morgan fingerprint density at radius 3 is 2.65 bits per heavy atom. The minimum Gasteiger partial charge on any atom is -0.467 e. The monoisotopic (exact) mass is 242 g/mol. The number of methoxy groups -OCH3 is 1. The Labute approximate surface area is 96.4 Å². The van der Waals surface area contributed by atoms with E-state index in [0.29, 0.717) is 6.29 Å². The van der Waals surface area contributed by atoms with Crippen molar-refractivity contribution in [1.29, 1.82) is 0 Å². The van der Waals surface area contributed by atoms with Crippen molar-refractivity contribution in [3.05, 3.63) is 35.1 Å². The van der Waals surface area contributed by atoms with Gasteiger partial charge in [-0.1, -0.05) is 0 Å². The Bertz CT molecular complexity index is 432. The Morgan fingerprint density at radius 1 is 1.47 bits per heavy atom. The van der Waals surface area contributed by atoms with Crippen LogP contribution in [0.1, 0.15) is 22.0 Å². The van der Waals surface area contributed by atoms with E-state index in [1.54, 1.807) is 0 Å². The zero-order chi connectivity index (χ0) is 13.0. The molecule has 0 saturated carbocycles. The topological polar surface area (TPSA) is 83.8 Å². The second-order valence-corrected chi connectivity index (χ2v) is 3.30. The molecule has 2 N–H and O–H groups in total. The van der Waals surface area contributed by atoms with Crippen LogP contribution >= 0.6 is 0 Å². The first-order chi connectivity index (χ1) is 8.01. The van der Waals surface area contributed by atoms with Crippen molar-refractivity contribution >= 4 is 12.3 Å². The smallest absolute Gasteiger partial charge is 0.337 e. The summed E-state index contributed by atoms with van der Waals surface area (Å²) in [5.41, 5.74) is -0.181. The van der Waals surface area contributed by atoms with E-state index in [2.05, 4.69) is 4.74 Å². The lowest BCUT2D eigenvalue weighted by molar-refractivity contribution is -0.156. The standard InChI is InChI=1S/C11H11FO5/c1-17-11(16)10(15)9(14)8-4-7(12)3-2-6(8)5-13/h2-5,9-10,14-15H,1H3. The van der Waals surface area contributed by atoms with Crippen molar-refractivity contribution in [1.82, 2.24) is 0 Å². The largest absolute Gasteiger partial charge is 0.467 e. The van der Waals surface area contributed by atoms with Gasteiger partial charge >= 0.3 is 5.97 Å². The molecule has 1 rings (SSSR count). The van der Waals surface area contributed by atoms with Crippen LogP contribution in [0.4, 0.5) is 4.39 Å². The Morgan fingerprint density at radius 2 is 2.12 bits per heavy atom. The molecule has 0 amide bonds. The maximum Gasteiger partial charge on any atom is 0.337 e. The number of esters is 1. The van der Waals surface area contributed by atoms with Gasteiger partial charge in [-0.15, -0.1) is 0 Å². The summed E-state index contributed by atoms with van der Waals surface area (Å²) in [7, 11) is 1.03. The zero-order valence-corrected chi connectivity index (χ0v) is 8.96. The van der Waals surface area contributed by atoms with Gasteiger partial charge in [0, 0.05) is 5.56 Å². The number of aliphatic hydroxyl groups is 2. The number of hydrogen-bond donors (Lipinski definition) is 2. The molecule has 1 aromatic rings. The lowest BCUT2D eigenvalue weighted by Gasteiger charge is -2.17. The summed E-state index contributed by atoms with van der Waals surface area (Å²) in [5.74, 6) is -1.76. The summed E-state index contributed by atoms with van der Waals surface area (Å²) < 4.78 is 17.2. The third-order valence-electron chi connectivity index (χ3n) is 2.24. The molecular weight excluding hydrogens is 231 g/mol. The van der Waals surface area contributed by atoms with E-state index >= 15 is 0 Å². The summed E-state index contributed by atoms with van der Waals surface area (Å²) in [6.07, 6.45) is -3.21. The van der Waals surface area contributed by atoms with Crippen LogP contribution in [-0.2, 0) is 9.53 Å². The predicted molar refractivity (Wildman–Crippen MR) is 54.8 cm³/mol. The first-order valence-corrected chi connectivity index (χ1v) is 4.69. The van der Waals surface area contributed by atoms with Crippen LogP contribution in [0.5, 0.6) is 0 Å². The first kappa shape index (κ1) is 13.3. The summed E-state index contributed by atoms with van der Waals surface area (Å²) >= 11 is 0. The fourth-order valence-electron chi connectivity index (χ4n) is 1.33. The molecule has 0 saturated heterocycles. The Hall–Kier alpha value is -1.79. The van der Waals surface area contributed by atoms with Gasteiger partial charge in [0.2, 0.25) is 0 Å². The number of rotatable bonds is 4. The number of ether oxygens (including phenoxy) is 1. The highest BCUT2D eigenvalue weighted by molar-refractivity contribution is 5.79. The fourth-order valence-corrected chi connectivity index (χ4v) is 1.33. The van der Waals surface area contributed by atoms with Crippen LogP contribution in [0.15, 0.2) is 18.2 Å². The minimum atomic E-state index is -1.87. The Balaban J connectivity index is 3.10. The molecular formula is C11H11FO5. The lowest BCUT2D eigenvalue weighted by atomic mass is 9.99. The highest BCUT2D eigenvalue weighted by Crippen LogP contribution is 2.22. The second kappa shape index (κ2) is 5.51. The average molecular weight is 242 g/mol. The number of halogens is 1. The molecule has 0 aliphatic rings. The molecule has 0 aliphatic heterocycles. The molecule has 2 atom stereocenters. The molecule has 2 unspecified atom stereocenters. The van der Waals surface area contributed by atoms with Gasteiger partial charge in [-0.2, -0.15) is 0 Å². The van der Waals surface area contributed by atoms with Gasteiger partial charge < -0.3 is 14.9 Å². The molecule has 6 heteroatoms. The van der Waals surface area contributed by atoms with Crippen molar-refractivity contribution in [2.45, 2.75) is 12.2 Å². The van der Waals surface area contributed by atoms with E-state index in [4.69, 9.17) is 0 Å². The average Bonchev–Trinajstić information content (AvgIpc) is 2.35. The molecule has 17 heavy (non-hydrogen) atoms. The Kier molecular flexibility index (Phi) is 4.30. The molecule has 0 radical (unpaired) electrons. The van der Waals surface area contributed by atoms with Crippen LogP contribution in [0.2, 0.25) is 0 Å². The van der Waals surface area contributed by atoms with Crippen molar-refractivity contribution in [3.63, 3.8) is 0 Å². The third-order valence-corrected chi connectivity index (χ3v) is 2.24. The molecule has 0 spiro atoms. The zero-order valence-electron chi connectivity index (χ0n) is 8.96. The van der Waals surface area contributed by atoms with Gasteiger partial charge in [0.05, 0.1) is 7.11 Å². The van der Waals surface area contributed by atoms with Crippen LogP contribution in [0, 0.1) is 5.82 Å². The van der Waals surface area contributed by atoms with Gasteiger partial charge in [0.25, 0.3) is 0 Å². The third kappa shape index (κ3) is 2.86. The molecule has 1 aromatic carbocycles. The summed E-state index contributed by atoms with van der Waals surface area (Å²) in [6.45, 7) is 0. The molecule has 0 aromatic heterocycles. The maximum atomic E-state index is 13.0. The van der Waals surface area contributed by atoms with Crippen molar-refractivity contribution in [3.8, 4) is 0 Å². The SMILES string of the molecule is COC(=O)C(O)C(O)c1cc(F)ccc1C=O. The van der Waals surface area contributed by atoms with Crippen molar-refractivity contribution < 1.29 is 28.9 Å². The van der Waals surface area contributed by atoms with Crippen molar-refractivity contribution in [2.24, 2.45) is 0 Å². The fraction of sp³-hybridized carbons (Fsp3) is 0.273. The van der Waals surface area contributed by atoms with Crippen LogP contribution < -0.4 is 0 Å². The number of aldehydes is 1. The van der Waals surface area contributed by atoms with E-state index in [9.17, 15) is 24.2 Å². The van der Waals surface area contributed by atoms with Gasteiger partial charge in [0.15, 0.2) is 6.10 Å². The number of carbonyl (C=O) groups is 2. The second-order valence-electron chi connectivity index (χ2n) is 3.30. The van der Waals surface area contributed by atoms with Gasteiger partial charge in [-0.25, -0.2) is 9.18 Å². The van der Waals surface area contributed by atoms with Gasteiger partial charge in [-0.05, 0) is 23.8 Å². The molecule has 0 heterocycles. The number of benzene rings is 1. The summed E-state index contributed by atoms with van der Waals surface area (Å²) in [6, 6.07) is 3.05. The van der Waals surface area contributed by atoms with E-state index in [-0.39, 0.29) is 11.1 Å². The van der Waals surface area contributed by atoms with Gasteiger partial charge in [0.1, 0.15) is 18.2 Å². The van der Waals surface area contributed by atoms with E-state index < -0.39 is 24.0 Å². The van der Waals surface area contributed by atoms with E-state index in [1.165, 1.54) is 0 Å². The van der Waals surface area contributed by atoms with E-state index in [0.717, 1.165) is 25.3 Å². The van der Waals surface area contributed by atoms with Crippen LogP contribution in [-0.4, -0.2) is 35.7 Å². The van der Waals surface area contributed by atoms with Crippen LogP contribution in [0.3, 0.4) is 0 Å². The highest BCUT2D eigenvalue weighted by Gasteiger charge is 2.28. The lowest BCUT2D eigenvalue weighted by Crippen LogP contribution is -2.29. The number of hydrogen-bond acceptors (Lipinski definition) is 5. The molecule has 92 valence electrons. The van der Waals surface area contributed by atoms with E-state index in [1.807, 2.05) is 0 Å². The predicted octanol–water partition coefficient (Wildman–Crippen LogP) is 0.206. The number of aliphatic hydroxyl groups excluding tert-OH is 2. The first-order valence-electron chi connectivity index (χ1n) is 4.69. The highest BCUT2D eigenvalue weighted by atomic mass is 19.1.